The third kappa shape index (κ3) is 2.26. The van der Waals surface area contributed by atoms with Crippen molar-refractivity contribution in [2.45, 2.75) is 25.6 Å². The molecule has 6 heteroatoms. The van der Waals surface area contributed by atoms with E-state index in [1.165, 1.54) is 6.20 Å². The van der Waals surface area contributed by atoms with Crippen molar-refractivity contribution in [1.29, 1.82) is 0 Å². The Hall–Kier alpha value is -1.95. The summed E-state index contributed by atoms with van der Waals surface area (Å²) in [6.45, 7) is 2.28. The van der Waals surface area contributed by atoms with Crippen LogP contribution in [0.1, 0.15) is 18.9 Å². The van der Waals surface area contributed by atoms with E-state index < -0.39 is 5.72 Å². The number of azo groups is 1. The second-order valence-corrected chi connectivity index (χ2v) is 3.77. The SMILES string of the molecule is CCC1(Oc2ncc(N)cc2CN)C=CN=N1. The van der Waals surface area contributed by atoms with Crippen LogP contribution in [0.25, 0.3) is 0 Å². The van der Waals surface area contributed by atoms with Crippen LogP contribution in [0, 0.1) is 0 Å². The van der Waals surface area contributed by atoms with Gasteiger partial charge in [-0.2, -0.15) is 5.11 Å². The van der Waals surface area contributed by atoms with Crippen molar-refractivity contribution >= 4 is 5.69 Å². The van der Waals surface area contributed by atoms with Gasteiger partial charge in [-0.05, 0) is 6.07 Å². The quantitative estimate of drug-likeness (QED) is 0.824. The van der Waals surface area contributed by atoms with Gasteiger partial charge in [-0.1, -0.05) is 6.92 Å². The van der Waals surface area contributed by atoms with Crippen molar-refractivity contribution in [2.75, 3.05) is 5.73 Å². The van der Waals surface area contributed by atoms with E-state index in [1.807, 2.05) is 6.92 Å². The lowest BCUT2D eigenvalue weighted by Gasteiger charge is -2.23. The summed E-state index contributed by atoms with van der Waals surface area (Å²) >= 11 is 0. The van der Waals surface area contributed by atoms with E-state index in [2.05, 4.69) is 15.2 Å². The molecule has 0 bridgehead atoms. The van der Waals surface area contributed by atoms with Crippen LogP contribution < -0.4 is 16.2 Å². The Bertz CT molecular complexity index is 457. The topological polar surface area (TPSA) is 98.9 Å². The highest BCUT2D eigenvalue weighted by molar-refractivity contribution is 5.42. The largest absolute Gasteiger partial charge is 0.443 e. The highest BCUT2D eigenvalue weighted by atomic mass is 16.5. The normalized spacial score (nSPS) is 22.0. The van der Waals surface area contributed by atoms with E-state index in [9.17, 15) is 0 Å². The number of rotatable bonds is 4. The molecule has 4 N–H and O–H groups in total. The number of hydrogen-bond acceptors (Lipinski definition) is 6. The Labute approximate surface area is 99.4 Å². The van der Waals surface area contributed by atoms with Gasteiger partial charge >= 0.3 is 0 Å². The lowest BCUT2D eigenvalue weighted by Crippen LogP contribution is -2.29. The van der Waals surface area contributed by atoms with Crippen LogP contribution in [0.2, 0.25) is 0 Å². The molecule has 1 aromatic rings. The van der Waals surface area contributed by atoms with E-state index in [-0.39, 0.29) is 0 Å². The molecular weight excluding hydrogens is 218 g/mol. The smallest absolute Gasteiger partial charge is 0.241 e. The average molecular weight is 233 g/mol. The molecular formula is C11H15N5O. The van der Waals surface area contributed by atoms with E-state index in [4.69, 9.17) is 16.2 Å². The molecule has 6 nitrogen and oxygen atoms in total. The van der Waals surface area contributed by atoms with Crippen molar-refractivity contribution < 1.29 is 4.74 Å². The summed E-state index contributed by atoms with van der Waals surface area (Å²) in [5.74, 6) is 0.453. The van der Waals surface area contributed by atoms with Gasteiger partial charge in [0.2, 0.25) is 11.6 Å². The summed E-state index contributed by atoms with van der Waals surface area (Å²) in [5.41, 5.74) is 11.8. The number of nitrogen functional groups attached to an aromatic ring is 1. The van der Waals surface area contributed by atoms with Crippen molar-refractivity contribution in [1.82, 2.24) is 4.98 Å². The van der Waals surface area contributed by atoms with Gasteiger partial charge in [0.25, 0.3) is 0 Å². The maximum atomic E-state index is 5.80. The van der Waals surface area contributed by atoms with E-state index in [1.54, 1.807) is 18.3 Å². The molecule has 2 rings (SSSR count). The van der Waals surface area contributed by atoms with Crippen LogP contribution in [0.3, 0.4) is 0 Å². The molecule has 0 fully saturated rings. The van der Waals surface area contributed by atoms with E-state index in [0.29, 0.717) is 24.5 Å². The van der Waals surface area contributed by atoms with Gasteiger partial charge in [0.1, 0.15) is 0 Å². The maximum Gasteiger partial charge on any atom is 0.241 e. The molecule has 1 aliphatic rings. The first-order valence-electron chi connectivity index (χ1n) is 5.42. The minimum atomic E-state index is -0.757. The number of nitrogens with zero attached hydrogens (tertiary/aromatic N) is 3. The standard InChI is InChI=1S/C11H15N5O/c1-2-11(3-4-15-16-11)17-10-8(6-12)5-9(13)7-14-10/h3-5,7H,2,6,12-13H2,1H3. The second-order valence-electron chi connectivity index (χ2n) is 3.77. The number of anilines is 1. The van der Waals surface area contributed by atoms with Crippen molar-refractivity contribution in [3.63, 3.8) is 0 Å². The monoisotopic (exact) mass is 233 g/mol. The third-order valence-corrected chi connectivity index (χ3v) is 2.58. The molecule has 0 saturated carbocycles. The summed E-state index contributed by atoms with van der Waals surface area (Å²) in [6.07, 6.45) is 5.62. The first-order chi connectivity index (χ1) is 8.19. The first-order valence-corrected chi connectivity index (χ1v) is 5.42. The van der Waals surface area contributed by atoms with Crippen molar-refractivity contribution in [3.8, 4) is 5.88 Å². The molecule has 0 amide bonds. The zero-order chi connectivity index (χ0) is 12.3. The highest BCUT2D eigenvalue weighted by Gasteiger charge is 2.30. The molecule has 1 aromatic heterocycles. The summed E-state index contributed by atoms with van der Waals surface area (Å²) in [7, 11) is 0. The Balaban J connectivity index is 2.29. The number of hydrogen-bond donors (Lipinski definition) is 2. The maximum absolute atomic E-state index is 5.80. The Morgan fingerprint density at radius 2 is 2.29 bits per heavy atom. The molecule has 0 spiro atoms. The predicted molar refractivity (Wildman–Crippen MR) is 64.2 cm³/mol. The second kappa shape index (κ2) is 4.50. The van der Waals surface area contributed by atoms with Gasteiger partial charge in [0.05, 0.1) is 18.1 Å². The lowest BCUT2D eigenvalue weighted by molar-refractivity contribution is 0.115. The van der Waals surface area contributed by atoms with Crippen LogP contribution in [0.5, 0.6) is 5.88 Å². The van der Waals surface area contributed by atoms with Gasteiger partial charge in [0, 0.05) is 24.6 Å². The molecule has 90 valence electrons. The third-order valence-electron chi connectivity index (χ3n) is 2.58. The number of aromatic nitrogens is 1. The Morgan fingerprint density at radius 1 is 1.47 bits per heavy atom. The van der Waals surface area contributed by atoms with Gasteiger partial charge in [0.15, 0.2) is 0 Å². The molecule has 1 unspecified atom stereocenters. The molecule has 0 aromatic carbocycles. The zero-order valence-corrected chi connectivity index (χ0v) is 9.63. The van der Waals surface area contributed by atoms with Gasteiger partial charge in [-0.3, -0.25) is 0 Å². The summed E-state index contributed by atoms with van der Waals surface area (Å²) in [5, 5.41) is 7.87. The van der Waals surface area contributed by atoms with Crippen LogP contribution in [0.15, 0.2) is 34.8 Å². The number of ether oxygens (including phenoxy) is 1. The molecule has 0 saturated heterocycles. The average Bonchev–Trinajstić information content (AvgIpc) is 2.81. The lowest BCUT2D eigenvalue weighted by atomic mass is 10.1. The zero-order valence-electron chi connectivity index (χ0n) is 9.63. The van der Waals surface area contributed by atoms with Crippen LogP contribution in [-0.4, -0.2) is 10.7 Å². The van der Waals surface area contributed by atoms with Gasteiger partial charge in [-0.15, -0.1) is 5.11 Å². The Kier molecular flexibility index (Phi) is 3.06. The van der Waals surface area contributed by atoms with E-state index >= 15 is 0 Å². The summed E-state index contributed by atoms with van der Waals surface area (Å²) < 4.78 is 5.80. The predicted octanol–water partition coefficient (Wildman–Crippen LogP) is 1.59. The van der Waals surface area contributed by atoms with Crippen LogP contribution in [-0.2, 0) is 6.54 Å². The molecule has 1 aliphatic heterocycles. The van der Waals surface area contributed by atoms with Crippen molar-refractivity contribution in [2.24, 2.45) is 16.0 Å². The highest BCUT2D eigenvalue weighted by Crippen LogP contribution is 2.29. The molecule has 0 aliphatic carbocycles. The van der Waals surface area contributed by atoms with Crippen molar-refractivity contribution in [3.05, 3.63) is 30.1 Å². The molecule has 0 radical (unpaired) electrons. The fourth-order valence-corrected chi connectivity index (χ4v) is 1.55. The summed E-state index contributed by atoms with van der Waals surface area (Å²) in [6, 6.07) is 1.75. The van der Waals surface area contributed by atoms with Gasteiger partial charge in [-0.25, -0.2) is 4.98 Å². The number of nitrogens with two attached hydrogens (primary N) is 2. The number of pyridine rings is 1. The van der Waals surface area contributed by atoms with Gasteiger partial charge < -0.3 is 16.2 Å². The fourth-order valence-electron chi connectivity index (χ4n) is 1.55. The minimum Gasteiger partial charge on any atom is -0.443 e. The molecule has 2 heterocycles. The van der Waals surface area contributed by atoms with Crippen LogP contribution >= 0.6 is 0 Å². The summed E-state index contributed by atoms with van der Waals surface area (Å²) in [4.78, 5) is 4.14. The van der Waals surface area contributed by atoms with Crippen LogP contribution in [0.4, 0.5) is 5.69 Å². The first kappa shape index (κ1) is 11.5. The van der Waals surface area contributed by atoms with E-state index in [0.717, 1.165) is 5.56 Å². The minimum absolute atomic E-state index is 0.314. The fraction of sp³-hybridized carbons (Fsp3) is 0.364. The molecule has 1 atom stereocenters. The Morgan fingerprint density at radius 3 is 2.88 bits per heavy atom. The molecule has 17 heavy (non-hydrogen) atoms.